The lowest BCUT2D eigenvalue weighted by molar-refractivity contribution is -0.123. The maximum absolute atomic E-state index is 12.0. The highest BCUT2D eigenvalue weighted by molar-refractivity contribution is 5.95. The first kappa shape index (κ1) is 28.7. The Kier molecular flexibility index (Phi) is 9.77. The molecule has 1 heterocycles. The molecule has 9 heteroatoms. The Labute approximate surface area is 233 Å². The van der Waals surface area contributed by atoms with Crippen LogP contribution in [0.25, 0.3) is 5.70 Å². The number of nitrogens with two attached hydrogens (primary N) is 1. The molecule has 210 valence electrons. The number of primary amides is 1. The van der Waals surface area contributed by atoms with E-state index < -0.39 is 12.0 Å². The molecule has 0 fully saturated rings. The molecule has 4 rings (SSSR count). The molecule has 0 saturated carbocycles. The van der Waals surface area contributed by atoms with Gasteiger partial charge in [0.15, 0.2) is 0 Å². The average Bonchev–Trinajstić information content (AvgIpc) is 2.95. The van der Waals surface area contributed by atoms with Crippen molar-refractivity contribution >= 4 is 17.5 Å². The van der Waals surface area contributed by atoms with E-state index in [9.17, 15) is 19.8 Å². The molecule has 2 atom stereocenters. The number of rotatable bonds is 13. The van der Waals surface area contributed by atoms with Gasteiger partial charge in [-0.25, -0.2) is 0 Å². The monoisotopic (exact) mass is 545 g/mol. The van der Waals surface area contributed by atoms with Gasteiger partial charge in [0.2, 0.25) is 5.91 Å². The average molecular weight is 546 g/mol. The Hall–Kier alpha value is -4.34. The van der Waals surface area contributed by atoms with Crippen LogP contribution in [0.5, 0.6) is 17.2 Å². The van der Waals surface area contributed by atoms with Gasteiger partial charge in [0, 0.05) is 31.2 Å². The number of carbonyl (C=O) groups excluding carboxylic acids is 2. The van der Waals surface area contributed by atoms with Gasteiger partial charge in [-0.2, -0.15) is 0 Å². The SMILES string of the molecule is CC1CC=C(c2ccc(OCC(O)CN(CCOc3ccc(O)c(C(N)=O)c3)Cc3ccccc3)cc2)NC1=O. The van der Waals surface area contributed by atoms with Crippen LogP contribution in [0.3, 0.4) is 0 Å². The minimum atomic E-state index is -0.764. The van der Waals surface area contributed by atoms with Gasteiger partial charge in [-0.05, 0) is 60.0 Å². The number of aromatic hydroxyl groups is 1. The molecule has 0 spiro atoms. The lowest BCUT2D eigenvalue weighted by Crippen LogP contribution is -2.37. The largest absolute Gasteiger partial charge is 0.507 e. The fourth-order valence-electron chi connectivity index (χ4n) is 4.34. The molecule has 0 saturated heterocycles. The van der Waals surface area contributed by atoms with Crippen molar-refractivity contribution in [1.82, 2.24) is 10.2 Å². The second-order valence-corrected chi connectivity index (χ2v) is 9.85. The molecule has 1 aliphatic rings. The number of carbonyl (C=O) groups is 2. The molecular formula is C31H35N3O6. The van der Waals surface area contributed by atoms with E-state index in [1.54, 1.807) is 6.07 Å². The fourth-order valence-corrected chi connectivity index (χ4v) is 4.34. The molecule has 3 aromatic rings. The predicted molar refractivity (Wildman–Crippen MR) is 152 cm³/mol. The van der Waals surface area contributed by atoms with Crippen LogP contribution >= 0.6 is 0 Å². The van der Waals surface area contributed by atoms with Crippen molar-refractivity contribution in [3.8, 4) is 17.2 Å². The van der Waals surface area contributed by atoms with Crippen LogP contribution in [0.15, 0.2) is 78.9 Å². The van der Waals surface area contributed by atoms with Crippen LogP contribution in [0.1, 0.15) is 34.8 Å². The Morgan fingerprint density at radius 3 is 2.50 bits per heavy atom. The van der Waals surface area contributed by atoms with E-state index >= 15 is 0 Å². The maximum atomic E-state index is 12.0. The summed E-state index contributed by atoms with van der Waals surface area (Å²) in [6.07, 6.45) is 1.97. The zero-order chi connectivity index (χ0) is 28.5. The van der Waals surface area contributed by atoms with Crippen molar-refractivity contribution in [1.29, 1.82) is 0 Å². The molecule has 9 nitrogen and oxygen atoms in total. The number of amides is 2. The number of hydrogen-bond donors (Lipinski definition) is 4. The van der Waals surface area contributed by atoms with Gasteiger partial charge in [0.25, 0.3) is 5.91 Å². The van der Waals surface area contributed by atoms with E-state index in [1.165, 1.54) is 12.1 Å². The van der Waals surface area contributed by atoms with Gasteiger partial charge in [0.1, 0.15) is 36.6 Å². The van der Waals surface area contributed by atoms with E-state index in [1.807, 2.05) is 67.6 Å². The zero-order valence-electron chi connectivity index (χ0n) is 22.5. The summed E-state index contributed by atoms with van der Waals surface area (Å²) in [4.78, 5) is 25.5. The number of nitrogens with one attached hydrogen (secondary N) is 1. The van der Waals surface area contributed by atoms with E-state index in [0.717, 1.165) is 16.8 Å². The molecule has 3 aromatic carbocycles. The number of aliphatic hydroxyl groups excluding tert-OH is 1. The third-order valence-corrected chi connectivity index (χ3v) is 6.62. The first-order valence-corrected chi connectivity index (χ1v) is 13.2. The number of nitrogens with zero attached hydrogens (tertiary/aromatic N) is 1. The van der Waals surface area contributed by atoms with Crippen LogP contribution in [0.2, 0.25) is 0 Å². The van der Waals surface area contributed by atoms with Gasteiger partial charge < -0.3 is 30.7 Å². The van der Waals surface area contributed by atoms with Crippen molar-refractivity contribution in [2.24, 2.45) is 11.7 Å². The number of benzene rings is 3. The van der Waals surface area contributed by atoms with Gasteiger partial charge in [-0.15, -0.1) is 0 Å². The van der Waals surface area contributed by atoms with Gasteiger partial charge in [-0.1, -0.05) is 43.3 Å². The predicted octanol–water partition coefficient (Wildman–Crippen LogP) is 3.31. The highest BCUT2D eigenvalue weighted by atomic mass is 16.5. The Balaban J connectivity index is 1.31. The van der Waals surface area contributed by atoms with Crippen molar-refractivity contribution < 1.29 is 29.3 Å². The summed E-state index contributed by atoms with van der Waals surface area (Å²) in [7, 11) is 0. The van der Waals surface area contributed by atoms with Gasteiger partial charge >= 0.3 is 0 Å². The summed E-state index contributed by atoms with van der Waals surface area (Å²) >= 11 is 0. The second-order valence-electron chi connectivity index (χ2n) is 9.85. The van der Waals surface area contributed by atoms with E-state index in [2.05, 4.69) is 10.2 Å². The lowest BCUT2D eigenvalue weighted by atomic mass is 9.99. The summed E-state index contributed by atoms with van der Waals surface area (Å²) < 4.78 is 11.6. The third kappa shape index (κ3) is 8.08. The molecule has 2 unspecified atom stereocenters. The van der Waals surface area contributed by atoms with Crippen LogP contribution in [0.4, 0.5) is 0 Å². The highest BCUT2D eigenvalue weighted by Gasteiger charge is 2.19. The van der Waals surface area contributed by atoms with Crippen molar-refractivity contribution in [3.63, 3.8) is 0 Å². The number of hydrogen-bond acceptors (Lipinski definition) is 7. The number of phenols is 1. The second kappa shape index (κ2) is 13.6. The van der Waals surface area contributed by atoms with E-state index in [-0.39, 0.29) is 36.4 Å². The first-order valence-electron chi connectivity index (χ1n) is 13.2. The van der Waals surface area contributed by atoms with Crippen molar-refractivity contribution in [2.45, 2.75) is 26.0 Å². The van der Waals surface area contributed by atoms with Gasteiger partial charge in [0.05, 0.1) is 5.56 Å². The smallest absolute Gasteiger partial charge is 0.252 e. The zero-order valence-corrected chi connectivity index (χ0v) is 22.5. The number of aliphatic hydroxyl groups is 1. The molecule has 0 bridgehead atoms. The molecule has 0 aliphatic carbocycles. The van der Waals surface area contributed by atoms with Crippen LogP contribution in [-0.4, -0.2) is 59.3 Å². The number of ether oxygens (including phenoxy) is 2. The third-order valence-electron chi connectivity index (χ3n) is 6.62. The maximum Gasteiger partial charge on any atom is 0.252 e. The summed E-state index contributed by atoms with van der Waals surface area (Å²) in [6.45, 7) is 3.72. The van der Waals surface area contributed by atoms with Crippen LogP contribution < -0.4 is 20.5 Å². The highest BCUT2D eigenvalue weighted by Crippen LogP contribution is 2.24. The van der Waals surface area contributed by atoms with Crippen molar-refractivity contribution in [2.75, 3.05) is 26.3 Å². The minimum absolute atomic E-state index is 0.00550. The summed E-state index contributed by atoms with van der Waals surface area (Å²) in [5.41, 5.74) is 8.09. The topological polar surface area (TPSA) is 134 Å². The Morgan fingerprint density at radius 1 is 1.07 bits per heavy atom. The fraction of sp³-hybridized carbons (Fsp3) is 0.290. The molecule has 40 heavy (non-hydrogen) atoms. The summed E-state index contributed by atoms with van der Waals surface area (Å²) in [5.74, 6) is 0.0917. The van der Waals surface area contributed by atoms with Gasteiger partial charge in [-0.3, -0.25) is 14.5 Å². The van der Waals surface area contributed by atoms with Crippen LogP contribution in [0, 0.1) is 5.92 Å². The molecule has 1 aliphatic heterocycles. The van der Waals surface area contributed by atoms with E-state index in [4.69, 9.17) is 15.2 Å². The minimum Gasteiger partial charge on any atom is -0.507 e. The molecular weight excluding hydrogens is 510 g/mol. The Morgan fingerprint density at radius 2 is 1.80 bits per heavy atom. The standard InChI is InChI=1S/C31H35N3O6/c1-21-7-13-28(33-31(21)38)23-8-10-25(11-9-23)40-20-24(35)19-34(18-22-5-3-2-4-6-22)15-16-39-26-12-14-29(36)27(17-26)30(32)37/h2-6,8-14,17,21,24,35-36H,7,15-16,18-20H2,1H3,(H2,32,37)(H,33,38). The first-order chi connectivity index (χ1) is 19.3. The molecule has 0 aromatic heterocycles. The summed E-state index contributed by atoms with van der Waals surface area (Å²) in [5, 5.41) is 23.5. The Bertz CT molecular complexity index is 1330. The molecule has 0 radical (unpaired) electrons. The summed E-state index contributed by atoms with van der Waals surface area (Å²) in [6, 6.07) is 21.7. The molecule has 2 amide bonds. The lowest BCUT2D eigenvalue weighted by Gasteiger charge is -2.25. The van der Waals surface area contributed by atoms with Crippen LogP contribution in [-0.2, 0) is 11.3 Å². The van der Waals surface area contributed by atoms with E-state index in [0.29, 0.717) is 37.6 Å². The van der Waals surface area contributed by atoms with Crippen molar-refractivity contribution in [3.05, 3.63) is 95.6 Å². The quantitative estimate of drug-likeness (QED) is 0.259. The molecule has 5 N–H and O–H groups in total. The normalized spacial score (nSPS) is 15.7. The number of allylic oxidation sites excluding steroid dienone is 1.